The first-order valence-corrected chi connectivity index (χ1v) is 17.0. The first-order valence-electron chi connectivity index (χ1n) is 16.2. The quantitative estimate of drug-likeness (QED) is 0.213. The van der Waals surface area contributed by atoms with E-state index in [0.717, 1.165) is 10.6 Å². The van der Waals surface area contributed by atoms with Gasteiger partial charge in [-0.3, -0.25) is 29.5 Å². The van der Waals surface area contributed by atoms with Crippen LogP contribution in [0.1, 0.15) is 43.2 Å². The minimum Gasteiger partial charge on any atom is -0.504 e. The number of fused-ring (bicyclic) bond motifs is 4. The van der Waals surface area contributed by atoms with Crippen molar-refractivity contribution in [2.45, 2.75) is 37.5 Å². The van der Waals surface area contributed by atoms with Crippen molar-refractivity contribution in [1.29, 1.82) is 0 Å². The van der Waals surface area contributed by atoms with E-state index in [2.05, 4.69) is 5.43 Å². The maximum absolute atomic E-state index is 15.3. The number of hydrogen-bond donors (Lipinski definition) is 2. The van der Waals surface area contributed by atoms with Gasteiger partial charge in [-0.05, 0) is 78.8 Å². The summed E-state index contributed by atoms with van der Waals surface area (Å²) in [5.74, 6) is -4.26. The number of ether oxygens (including phenoxy) is 2. The molecule has 4 aliphatic rings. The predicted molar refractivity (Wildman–Crippen MR) is 182 cm³/mol. The molecule has 1 saturated carbocycles. The fraction of sp³-hybridized carbons (Fsp3) is 0.351. The highest BCUT2D eigenvalue weighted by Gasteiger charge is 2.70. The molecular formula is C37H35Cl2N3O7. The molecule has 2 saturated heterocycles. The SMILES string of the molecule is CCCN1C(=O)C2CC=C3C(CC4C(=O)N(Nc5ccc(Cl)cc5Cl)C(=O)C4(c4ccc(OC)cc4)C3c3ccc(O)c(OC)c3)C2C1=O. The second-order valence-corrected chi connectivity index (χ2v) is 13.8. The van der Waals surface area contributed by atoms with Crippen LogP contribution in [0.5, 0.6) is 17.2 Å². The minimum atomic E-state index is -1.51. The Morgan fingerprint density at radius 3 is 2.35 bits per heavy atom. The number of allylic oxidation sites excluding steroid dienone is 2. The molecule has 0 radical (unpaired) electrons. The summed E-state index contributed by atoms with van der Waals surface area (Å²) in [7, 11) is 2.98. The molecule has 0 bridgehead atoms. The van der Waals surface area contributed by atoms with Crippen LogP contribution in [0.4, 0.5) is 5.69 Å². The third-order valence-corrected chi connectivity index (χ3v) is 11.2. The van der Waals surface area contributed by atoms with Gasteiger partial charge in [0.2, 0.25) is 11.8 Å². The zero-order valence-corrected chi connectivity index (χ0v) is 28.6. The number of halogens is 2. The summed E-state index contributed by atoms with van der Waals surface area (Å²) in [5, 5.41) is 12.2. The van der Waals surface area contributed by atoms with Gasteiger partial charge in [0, 0.05) is 17.5 Å². The smallest absolute Gasteiger partial charge is 0.260 e. The number of carbonyl (C=O) groups excluding carboxylic acids is 4. The van der Waals surface area contributed by atoms with E-state index < -0.39 is 46.8 Å². The Hall–Kier alpha value is -4.54. The van der Waals surface area contributed by atoms with Gasteiger partial charge < -0.3 is 14.6 Å². The molecule has 3 fully saturated rings. The first-order chi connectivity index (χ1) is 23.6. The van der Waals surface area contributed by atoms with Crippen molar-refractivity contribution >= 4 is 52.5 Å². The molecule has 6 unspecified atom stereocenters. The zero-order valence-electron chi connectivity index (χ0n) is 27.1. The molecule has 6 atom stereocenters. The lowest BCUT2D eigenvalue weighted by Crippen LogP contribution is -2.53. The van der Waals surface area contributed by atoms with Crippen molar-refractivity contribution < 1.29 is 33.8 Å². The predicted octanol–water partition coefficient (Wildman–Crippen LogP) is 6.11. The minimum absolute atomic E-state index is 0.0902. The lowest BCUT2D eigenvalue weighted by Gasteiger charge is -2.50. The lowest BCUT2D eigenvalue weighted by molar-refractivity contribution is -0.141. The number of phenolic OH excluding ortho intramolecular Hbond substituents is 1. The number of aromatic hydroxyl groups is 1. The van der Waals surface area contributed by atoms with Crippen molar-refractivity contribution in [3.05, 3.63) is 93.5 Å². The average Bonchev–Trinajstić information content (AvgIpc) is 3.47. The molecule has 2 N–H and O–H groups in total. The van der Waals surface area contributed by atoms with Crippen LogP contribution in [0.2, 0.25) is 10.0 Å². The van der Waals surface area contributed by atoms with Crippen LogP contribution in [0.15, 0.2) is 72.3 Å². The molecule has 7 rings (SSSR count). The fourth-order valence-electron chi connectivity index (χ4n) is 8.60. The molecule has 4 amide bonds. The molecule has 2 aliphatic heterocycles. The molecule has 3 aromatic carbocycles. The molecule has 2 aliphatic carbocycles. The highest BCUT2D eigenvalue weighted by Crippen LogP contribution is 2.64. The number of nitrogens with one attached hydrogen (secondary N) is 1. The Bertz CT molecular complexity index is 1910. The van der Waals surface area contributed by atoms with E-state index in [4.69, 9.17) is 32.7 Å². The summed E-state index contributed by atoms with van der Waals surface area (Å²) >= 11 is 12.7. The molecule has 0 aromatic heterocycles. The monoisotopic (exact) mass is 703 g/mol. The standard InChI is InChI=1S/C37H35Cl2N3O7/c1-4-15-41-33(44)24-12-11-23-25(31(24)35(41)46)18-26-34(45)42(40-28-13-8-21(38)17-27(28)39)36(47)37(26,20-6-9-22(48-2)10-7-20)32(23)19-5-14-29(43)30(16-19)49-3/h5-11,13-14,16-17,24-26,31-32,40,43H,4,12,15,18H2,1-3H3. The molecule has 2 heterocycles. The summed E-state index contributed by atoms with van der Waals surface area (Å²) in [6.07, 6.45) is 3.09. The highest BCUT2D eigenvalue weighted by molar-refractivity contribution is 6.36. The maximum Gasteiger partial charge on any atom is 0.260 e. The molecule has 10 nitrogen and oxygen atoms in total. The number of hydrazine groups is 1. The number of methoxy groups -OCH3 is 2. The number of imide groups is 2. The van der Waals surface area contributed by atoms with Crippen LogP contribution in [-0.4, -0.2) is 59.4 Å². The lowest BCUT2D eigenvalue weighted by atomic mass is 9.49. The second-order valence-electron chi connectivity index (χ2n) is 13.0. The molecule has 49 heavy (non-hydrogen) atoms. The maximum atomic E-state index is 15.3. The zero-order chi connectivity index (χ0) is 34.8. The molecule has 0 spiro atoms. The van der Waals surface area contributed by atoms with Gasteiger partial charge in [0.25, 0.3) is 11.8 Å². The van der Waals surface area contributed by atoms with Gasteiger partial charge in [0.15, 0.2) is 11.5 Å². The molecule has 3 aromatic rings. The Morgan fingerprint density at radius 1 is 0.918 bits per heavy atom. The summed E-state index contributed by atoms with van der Waals surface area (Å²) < 4.78 is 11.0. The summed E-state index contributed by atoms with van der Waals surface area (Å²) in [6.45, 7) is 2.24. The second kappa shape index (κ2) is 12.4. The van der Waals surface area contributed by atoms with Crippen LogP contribution >= 0.6 is 23.2 Å². The van der Waals surface area contributed by atoms with Crippen molar-refractivity contribution in [1.82, 2.24) is 9.91 Å². The van der Waals surface area contributed by atoms with Crippen molar-refractivity contribution in [2.24, 2.45) is 23.7 Å². The van der Waals surface area contributed by atoms with E-state index in [0.29, 0.717) is 47.0 Å². The number of phenols is 1. The van der Waals surface area contributed by atoms with Gasteiger partial charge in [-0.1, -0.05) is 60.0 Å². The van der Waals surface area contributed by atoms with Crippen molar-refractivity contribution in [3.8, 4) is 17.2 Å². The van der Waals surface area contributed by atoms with Gasteiger partial charge in [0.1, 0.15) is 5.75 Å². The Kier molecular flexibility index (Phi) is 8.35. The van der Waals surface area contributed by atoms with E-state index in [9.17, 15) is 19.5 Å². The van der Waals surface area contributed by atoms with Crippen LogP contribution < -0.4 is 14.9 Å². The number of likely N-dealkylation sites (tertiary alicyclic amines) is 1. The van der Waals surface area contributed by atoms with Gasteiger partial charge in [0.05, 0.1) is 48.1 Å². The van der Waals surface area contributed by atoms with Gasteiger partial charge in [-0.2, -0.15) is 5.01 Å². The third kappa shape index (κ3) is 4.90. The molecular weight excluding hydrogens is 669 g/mol. The Labute approximate surface area is 293 Å². The number of carbonyl (C=O) groups is 4. The summed E-state index contributed by atoms with van der Waals surface area (Å²) in [4.78, 5) is 59.0. The topological polar surface area (TPSA) is 125 Å². The van der Waals surface area contributed by atoms with E-state index >= 15 is 4.79 Å². The van der Waals surface area contributed by atoms with Crippen molar-refractivity contribution in [3.63, 3.8) is 0 Å². The first kappa shape index (κ1) is 33.0. The van der Waals surface area contributed by atoms with E-state index in [-0.39, 0.29) is 34.8 Å². The van der Waals surface area contributed by atoms with E-state index in [1.54, 1.807) is 55.6 Å². The summed E-state index contributed by atoms with van der Waals surface area (Å²) in [5.41, 5.74) is 3.76. The van der Waals surface area contributed by atoms with Crippen LogP contribution in [0, 0.1) is 23.7 Å². The third-order valence-electron chi connectivity index (χ3n) is 10.7. The largest absolute Gasteiger partial charge is 0.504 e. The van der Waals surface area contributed by atoms with Crippen LogP contribution in [-0.2, 0) is 24.6 Å². The number of amides is 4. The number of hydrogen-bond acceptors (Lipinski definition) is 8. The van der Waals surface area contributed by atoms with Crippen LogP contribution in [0.25, 0.3) is 0 Å². The molecule has 254 valence electrons. The average molecular weight is 705 g/mol. The van der Waals surface area contributed by atoms with Gasteiger partial charge in [-0.15, -0.1) is 0 Å². The van der Waals surface area contributed by atoms with Crippen molar-refractivity contribution in [2.75, 3.05) is 26.2 Å². The number of nitrogens with zero attached hydrogens (tertiary/aromatic N) is 2. The fourth-order valence-corrected chi connectivity index (χ4v) is 9.05. The number of anilines is 1. The summed E-state index contributed by atoms with van der Waals surface area (Å²) in [6, 6.07) is 16.7. The number of rotatable bonds is 8. The van der Waals surface area contributed by atoms with E-state index in [1.807, 2.05) is 13.0 Å². The highest BCUT2D eigenvalue weighted by atomic mass is 35.5. The number of benzene rings is 3. The normalized spacial score (nSPS) is 27.4. The molecule has 12 heteroatoms. The van der Waals surface area contributed by atoms with Gasteiger partial charge in [-0.25, -0.2) is 0 Å². The van der Waals surface area contributed by atoms with E-state index in [1.165, 1.54) is 24.1 Å². The Morgan fingerprint density at radius 2 is 1.67 bits per heavy atom. The Balaban J connectivity index is 1.47. The van der Waals surface area contributed by atoms with Crippen LogP contribution in [0.3, 0.4) is 0 Å². The van der Waals surface area contributed by atoms with Gasteiger partial charge >= 0.3 is 0 Å².